The van der Waals surface area contributed by atoms with Crippen molar-refractivity contribution in [2.45, 2.75) is 45.7 Å². The van der Waals surface area contributed by atoms with Gasteiger partial charge in [0, 0.05) is 24.9 Å². The van der Waals surface area contributed by atoms with Gasteiger partial charge in [0.15, 0.2) is 12.1 Å². The monoisotopic (exact) mass is 352 g/mol. The second-order valence-electron chi connectivity index (χ2n) is 6.61. The SMILES string of the molecule is Cc1nccn1CC[C@@H](NC(=O)c1ncoc1C(C)C)c1ccccc1. The number of carbonyl (C=O) groups is 1. The molecule has 0 unspecified atom stereocenters. The number of carbonyl (C=O) groups excluding carboxylic acids is 1. The van der Waals surface area contributed by atoms with Crippen LogP contribution in [0.4, 0.5) is 0 Å². The van der Waals surface area contributed by atoms with Gasteiger partial charge in [0.1, 0.15) is 11.6 Å². The molecule has 2 aromatic heterocycles. The zero-order chi connectivity index (χ0) is 18.5. The molecule has 0 radical (unpaired) electrons. The Labute approximate surface area is 153 Å². The smallest absolute Gasteiger partial charge is 0.274 e. The van der Waals surface area contributed by atoms with E-state index in [9.17, 15) is 4.79 Å². The highest BCUT2D eigenvalue weighted by atomic mass is 16.3. The van der Waals surface area contributed by atoms with Gasteiger partial charge in [0.25, 0.3) is 5.91 Å². The van der Waals surface area contributed by atoms with Gasteiger partial charge in [0.05, 0.1) is 6.04 Å². The van der Waals surface area contributed by atoms with Gasteiger partial charge in [-0.25, -0.2) is 9.97 Å². The fraction of sp³-hybridized carbons (Fsp3) is 0.350. The van der Waals surface area contributed by atoms with Gasteiger partial charge in [-0.2, -0.15) is 0 Å². The molecule has 1 atom stereocenters. The molecule has 0 bridgehead atoms. The van der Waals surface area contributed by atoms with Crippen LogP contribution in [0.2, 0.25) is 0 Å². The molecular formula is C20H24N4O2. The maximum atomic E-state index is 12.8. The molecule has 0 aliphatic rings. The standard InChI is InChI=1S/C20H24N4O2/c1-14(2)19-18(22-13-26-19)20(25)23-17(16-7-5-4-6-8-16)9-11-24-12-10-21-15(24)3/h4-8,10,12-14,17H,9,11H2,1-3H3,(H,23,25)/t17-/m1/s1. The molecular weight excluding hydrogens is 328 g/mol. The van der Waals surface area contributed by atoms with E-state index in [2.05, 4.69) is 19.9 Å². The van der Waals surface area contributed by atoms with Crippen LogP contribution in [0.5, 0.6) is 0 Å². The minimum absolute atomic E-state index is 0.0991. The van der Waals surface area contributed by atoms with Gasteiger partial charge in [-0.1, -0.05) is 44.2 Å². The number of imidazole rings is 1. The number of nitrogens with one attached hydrogen (secondary N) is 1. The van der Waals surface area contributed by atoms with E-state index in [4.69, 9.17) is 4.42 Å². The molecule has 0 aliphatic heterocycles. The Balaban J connectivity index is 1.78. The normalized spacial score (nSPS) is 12.3. The zero-order valence-corrected chi connectivity index (χ0v) is 15.3. The molecule has 1 N–H and O–H groups in total. The van der Waals surface area contributed by atoms with Crippen LogP contribution in [-0.2, 0) is 6.54 Å². The van der Waals surface area contributed by atoms with Gasteiger partial charge < -0.3 is 14.3 Å². The minimum atomic E-state index is -0.210. The summed E-state index contributed by atoms with van der Waals surface area (Å²) >= 11 is 0. The van der Waals surface area contributed by atoms with Crippen LogP contribution in [0.1, 0.15) is 59.9 Å². The number of benzene rings is 1. The molecule has 3 rings (SSSR count). The van der Waals surface area contributed by atoms with Gasteiger partial charge in [-0.3, -0.25) is 4.79 Å². The topological polar surface area (TPSA) is 73.0 Å². The van der Waals surface area contributed by atoms with Crippen molar-refractivity contribution < 1.29 is 9.21 Å². The first-order valence-electron chi connectivity index (χ1n) is 8.83. The van der Waals surface area contributed by atoms with Gasteiger partial charge in [-0.15, -0.1) is 0 Å². The number of aryl methyl sites for hydroxylation is 2. The molecule has 0 saturated carbocycles. The van der Waals surface area contributed by atoms with Crippen molar-refractivity contribution in [3.8, 4) is 0 Å². The third-order valence-electron chi connectivity index (χ3n) is 4.42. The van der Waals surface area contributed by atoms with Crippen molar-refractivity contribution in [2.24, 2.45) is 0 Å². The highest BCUT2D eigenvalue weighted by Gasteiger charge is 2.22. The van der Waals surface area contributed by atoms with Crippen LogP contribution in [0.15, 0.2) is 53.5 Å². The van der Waals surface area contributed by atoms with E-state index in [0.717, 1.165) is 24.4 Å². The van der Waals surface area contributed by atoms with Crippen molar-refractivity contribution in [1.29, 1.82) is 0 Å². The van der Waals surface area contributed by atoms with E-state index >= 15 is 0 Å². The summed E-state index contributed by atoms with van der Waals surface area (Å²) in [6.07, 6.45) is 5.82. The maximum absolute atomic E-state index is 12.8. The molecule has 0 aliphatic carbocycles. The van der Waals surface area contributed by atoms with Crippen molar-refractivity contribution in [3.63, 3.8) is 0 Å². The summed E-state index contributed by atoms with van der Waals surface area (Å²) in [6, 6.07) is 9.86. The Bertz CT molecular complexity index is 852. The molecule has 0 fully saturated rings. The lowest BCUT2D eigenvalue weighted by molar-refractivity contribution is 0.0926. The minimum Gasteiger partial charge on any atom is -0.447 e. The highest BCUT2D eigenvalue weighted by Crippen LogP contribution is 2.22. The number of hydrogen-bond acceptors (Lipinski definition) is 4. The van der Waals surface area contributed by atoms with Gasteiger partial charge in [0.2, 0.25) is 0 Å². The maximum Gasteiger partial charge on any atom is 0.274 e. The molecule has 0 spiro atoms. The van der Waals surface area contributed by atoms with Crippen LogP contribution in [0.25, 0.3) is 0 Å². The van der Waals surface area contributed by atoms with E-state index in [0.29, 0.717) is 11.5 Å². The second-order valence-corrected chi connectivity index (χ2v) is 6.61. The van der Waals surface area contributed by atoms with E-state index in [1.165, 1.54) is 6.39 Å². The number of hydrogen-bond donors (Lipinski definition) is 1. The first-order valence-corrected chi connectivity index (χ1v) is 8.83. The summed E-state index contributed by atoms with van der Waals surface area (Å²) < 4.78 is 7.47. The third kappa shape index (κ3) is 4.02. The molecule has 3 aromatic rings. The molecule has 136 valence electrons. The van der Waals surface area contributed by atoms with Gasteiger partial charge >= 0.3 is 0 Å². The third-order valence-corrected chi connectivity index (χ3v) is 4.42. The fourth-order valence-corrected chi connectivity index (χ4v) is 2.98. The summed E-state index contributed by atoms with van der Waals surface area (Å²) in [4.78, 5) is 21.2. The van der Waals surface area contributed by atoms with Crippen LogP contribution < -0.4 is 5.32 Å². The van der Waals surface area contributed by atoms with Crippen LogP contribution >= 0.6 is 0 Å². The molecule has 6 nitrogen and oxygen atoms in total. The number of aromatic nitrogens is 3. The first kappa shape index (κ1) is 17.9. The second kappa shape index (κ2) is 7.99. The van der Waals surface area contributed by atoms with E-state index in [-0.39, 0.29) is 17.9 Å². The Hall–Kier alpha value is -2.89. The first-order chi connectivity index (χ1) is 12.6. The quantitative estimate of drug-likeness (QED) is 0.701. The van der Waals surface area contributed by atoms with E-state index in [1.807, 2.05) is 57.3 Å². The fourth-order valence-electron chi connectivity index (χ4n) is 2.98. The summed E-state index contributed by atoms with van der Waals surface area (Å²) in [7, 11) is 0. The predicted octanol–water partition coefficient (Wildman–Crippen LogP) is 3.86. The summed E-state index contributed by atoms with van der Waals surface area (Å²) in [5.41, 5.74) is 1.42. The zero-order valence-electron chi connectivity index (χ0n) is 15.3. The lowest BCUT2D eigenvalue weighted by Crippen LogP contribution is -2.30. The molecule has 2 heterocycles. The molecule has 1 amide bonds. The van der Waals surface area contributed by atoms with Crippen molar-refractivity contribution in [2.75, 3.05) is 0 Å². The lowest BCUT2D eigenvalue weighted by atomic mass is 10.0. The molecule has 1 aromatic carbocycles. The number of oxazole rings is 1. The number of nitrogens with zero attached hydrogens (tertiary/aromatic N) is 3. The average molecular weight is 352 g/mol. The van der Waals surface area contributed by atoms with Crippen LogP contribution in [0.3, 0.4) is 0 Å². The van der Waals surface area contributed by atoms with Crippen LogP contribution in [0, 0.1) is 6.92 Å². The van der Waals surface area contributed by atoms with E-state index < -0.39 is 0 Å². The van der Waals surface area contributed by atoms with Crippen molar-refractivity contribution in [1.82, 2.24) is 19.9 Å². The summed E-state index contributed by atoms with van der Waals surface area (Å²) in [5, 5.41) is 3.12. The summed E-state index contributed by atoms with van der Waals surface area (Å²) in [6.45, 7) is 6.70. The Morgan fingerprint density at radius 1 is 1.23 bits per heavy atom. The number of amides is 1. The summed E-state index contributed by atoms with van der Waals surface area (Å²) in [5.74, 6) is 1.46. The Morgan fingerprint density at radius 2 is 2.00 bits per heavy atom. The molecule has 26 heavy (non-hydrogen) atoms. The molecule has 6 heteroatoms. The molecule has 0 saturated heterocycles. The Morgan fingerprint density at radius 3 is 2.65 bits per heavy atom. The lowest BCUT2D eigenvalue weighted by Gasteiger charge is -2.20. The largest absolute Gasteiger partial charge is 0.447 e. The number of rotatable bonds is 7. The van der Waals surface area contributed by atoms with Crippen molar-refractivity contribution in [3.05, 3.63) is 72.0 Å². The average Bonchev–Trinajstić information content (AvgIpc) is 3.28. The van der Waals surface area contributed by atoms with E-state index in [1.54, 1.807) is 6.20 Å². The Kier molecular flexibility index (Phi) is 5.51. The van der Waals surface area contributed by atoms with Gasteiger partial charge in [-0.05, 0) is 18.9 Å². The van der Waals surface area contributed by atoms with Crippen LogP contribution in [-0.4, -0.2) is 20.4 Å². The predicted molar refractivity (Wildman–Crippen MR) is 98.8 cm³/mol. The van der Waals surface area contributed by atoms with Crippen molar-refractivity contribution >= 4 is 5.91 Å². The highest BCUT2D eigenvalue weighted by molar-refractivity contribution is 5.93.